The van der Waals surface area contributed by atoms with Crippen molar-refractivity contribution in [3.63, 3.8) is 0 Å². The van der Waals surface area contributed by atoms with Gasteiger partial charge in [0.1, 0.15) is 11.6 Å². The van der Waals surface area contributed by atoms with Crippen LogP contribution in [0.15, 0.2) is 24.5 Å². The van der Waals surface area contributed by atoms with Crippen LogP contribution in [0.5, 0.6) is 0 Å². The molecule has 11 heteroatoms. The van der Waals surface area contributed by atoms with Gasteiger partial charge in [-0.25, -0.2) is 0 Å². The van der Waals surface area contributed by atoms with E-state index in [1.54, 1.807) is 6.92 Å². The third-order valence-electron chi connectivity index (χ3n) is 3.59. The SMILES string of the molecule is CCC(C(=O)Nc1cc([N+](=O)[O-])c(C)c([N+](=O)[O-])c1)n1cc(Cl)cn1. The Morgan fingerprint density at radius 2 is 1.88 bits per heavy atom. The highest BCUT2D eigenvalue weighted by atomic mass is 35.5. The molecule has 1 aromatic heterocycles. The van der Waals surface area contributed by atoms with Crippen LogP contribution in [0.2, 0.25) is 5.02 Å². The molecule has 25 heavy (non-hydrogen) atoms. The van der Waals surface area contributed by atoms with E-state index in [1.807, 2.05) is 0 Å². The number of aromatic nitrogens is 2. The van der Waals surface area contributed by atoms with Crippen LogP contribution in [0.25, 0.3) is 0 Å². The van der Waals surface area contributed by atoms with Crippen molar-refractivity contribution in [3.8, 4) is 0 Å². The molecule has 0 aliphatic heterocycles. The van der Waals surface area contributed by atoms with Crippen molar-refractivity contribution in [1.82, 2.24) is 9.78 Å². The Bertz CT molecular complexity index is 815. The smallest absolute Gasteiger partial charge is 0.281 e. The average molecular weight is 368 g/mol. The molecule has 0 spiro atoms. The standard InChI is InChI=1S/C14H14ClN5O5/c1-3-11(18-7-9(15)6-16-18)14(21)17-10-4-12(19(22)23)8(2)13(5-10)20(24)25/h4-7,11H,3H2,1-2H3,(H,17,21). The van der Waals surface area contributed by atoms with Crippen LogP contribution in [-0.2, 0) is 4.79 Å². The quantitative estimate of drug-likeness (QED) is 0.615. The third-order valence-corrected chi connectivity index (χ3v) is 3.79. The molecule has 0 bridgehead atoms. The van der Waals surface area contributed by atoms with Crippen molar-refractivity contribution in [2.45, 2.75) is 26.3 Å². The van der Waals surface area contributed by atoms with Gasteiger partial charge in [-0.1, -0.05) is 18.5 Å². The highest BCUT2D eigenvalue weighted by molar-refractivity contribution is 6.30. The molecular formula is C14H14ClN5O5. The molecular weight excluding hydrogens is 354 g/mol. The first-order valence-electron chi connectivity index (χ1n) is 7.18. The van der Waals surface area contributed by atoms with E-state index in [4.69, 9.17) is 11.6 Å². The average Bonchev–Trinajstić information content (AvgIpc) is 2.95. The summed E-state index contributed by atoms with van der Waals surface area (Å²) < 4.78 is 1.36. The van der Waals surface area contributed by atoms with E-state index >= 15 is 0 Å². The van der Waals surface area contributed by atoms with Crippen LogP contribution in [-0.4, -0.2) is 25.5 Å². The van der Waals surface area contributed by atoms with Gasteiger partial charge in [-0.3, -0.25) is 29.7 Å². The fourth-order valence-electron chi connectivity index (χ4n) is 2.34. The highest BCUT2D eigenvalue weighted by Crippen LogP contribution is 2.32. The second-order valence-electron chi connectivity index (χ2n) is 5.21. The zero-order chi connectivity index (χ0) is 18.7. The number of nitrogens with one attached hydrogen (secondary N) is 1. The van der Waals surface area contributed by atoms with Gasteiger partial charge < -0.3 is 5.32 Å². The number of nitro benzene ring substituents is 2. The van der Waals surface area contributed by atoms with Crippen LogP contribution in [0.3, 0.4) is 0 Å². The molecule has 1 aromatic carbocycles. The molecule has 0 fully saturated rings. The number of anilines is 1. The van der Waals surface area contributed by atoms with Crippen LogP contribution >= 0.6 is 11.6 Å². The molecule has 1 unspecified atom stereocenters. The number of nitrogens with zero attached hydrogens (tertiary/aromatic N) is 4. The lowest BCUT2D eigenvalue weighted by Crippen LogP contribution is -2.26. The van der Waals surface area contributed by atoms with Crippen molar-refractivity contribution in [2.75, 3.05) is 5.32 Å². The molecule has 1 atom stereocenters. The minimum atomic E-state index is -0.734. The number of benzene rings is 1. The Hall–Kier alpha value is -3.01. The van der Waals surface area contributed by atoms with Gasteiger partial charge in [0.15, 0.2) is 0 Å². The fraction of sp³-hybridized carbons (Fsp3) is 0.286. The molecule has 132 valence electrons. The summed E-state index contributed by atoms with van der Waals surface area (Å²) in [5.41, 5.74) is -1.01. The summed E-state index contributed by atoms with van der Waals surface area (Å²) in [6.45, 7) is 3.03. The maximum Gasteiger partial charge on any atom is 0.281 e. The van der Waals surface area contributed by atoms with E-state index in [2.05, 4.69) is 10.4 Å². The Balaban J connectivity index is 2.36. The predicted molar refractivity (Wildman–Crippen MR) is 89.7 cm³/mol. The van der Waals surface area contributed by atoms with Crippen molar-refractivity contribution < 1.29 is 14.6 Å². The van der Waals surface area contributed by atoms with Gasteiger partial charge >= 0.3 is 0 Å². The lowest BCUT2D eigenvalue weighted by Gasteiger charge is -2.15. The van der Waals surface area contributed by atoms with Gasteiger partial charge in [0.05, 0.1) is 26.8 Å². The molecule has 1 amide bonds. The van der Waals surface area contributed by atoms with Gasteiger partial charge in [0.2, 0.25) is 5.91 Å². The second kappa shape index (κ2) is 7.26. The van der Waals surface area contributed by atoms with E-state index in [1.165, 1.54) is 24.0 Å². The van der Waals surface area contributed by atoms with Crippen LogP contribution < -0.4 is 5.32 Å². The Morgan fingerprint density at radius 1 is 1.32 bits per heavy atom. The minimum absolute atomic E-state index is 0.0364. The van der Waals surface area contributed by atoms with Crippen LogP contribution in [0.4, 0.5) is 17.1 Å². The summed E-state index contributed by atoms with van der Waals surface area (Å²) in [5, 5.41) is 29.0. The molecule has 1 N–H and O–H groups in total. The number of rotatable bonds is 6. The molecule has 2 aromatic rings. The van der Waals surface area contributed by atoms with Crippen molar-refractivity contribution in [1.29, 1.82) is 0 Å². The summed E-state index contributed by atoms with van der Waals surface area (Å²) in [5.74, 6) is -0.519. The maximum absolute atomic E-state index is 12.4. The first-order chi connectivity index (χ1) is 11.7. The van der Waals surface area contributed by atoms with Crippen LogP contribution in [0, 0.1) is 27.2 Å². The highest BCUT2D eigenvalue weighted by Gasteiger charge is 2.25. The van der Waals surface area contributed by atoms with Crippen molar-refractivity contribution in [3.05, 3.63) is 55.3 Å². The lowest BCUT2D eigenvalue weighted by molar-refractivity contribution is -0.395. The molecule has 0 radical (unpaired) electrons. The zero-order valence-electron chi connectivity index (χ0n) is 13.3. The Kier molecular flexibility index (Phi) is 5.32. The van der Waals surface area contributed by atoms with E-state index < -0.39 is 33.2 Å². The molecule has 2 rings (SSSR count). The molecule has 1 heterocycles. The van der Waals surface area contributed by atoms with E-state index in [0.717, 1.165) is 12.1 Å². The topological polar surface area (TPSA) is 133 Å². The largest absolute Gasteiger partial charge is 0.324 e. The minimum Gasteiger partial charge on any atom is -0.324 e. The van der Waals surface area contributed by atoms with Gasteiger partial charge in [-0.15, -0.1) is 0 Å². The second-order valence-corrected chi connectivity index (χ2v) is 5.64. The molecule has 0 saturated heterocycles. The molecule has 10 nitrogen and oxygen atoms in total. The number of nitro groups is 2. The Morgan fingerprint density at radius 3 is 2.28 bits per heavy atom. The molecule has 0 aliphatic carbocycles. The number of carbonyl (C=O) groups is 1. The summed E-state index contributed by atoms with van der Waals surface area (Å²) >= 11 is 5.79. The summed E-state index contributed by atoms with van der Waals surface area (Å²) in [6, 6.07) is 1.46. The van der Waals surface area contributed by atoms with Gasteiger partial charge in [0.25, 0.3) is 11.4 Å². The van der Waals surface area contributed by atoms with E-state index in [0.29, 0.717) is 11.4 Å². The van der Waals surface area contributed by atoms with Crippen molar-refractivity contribution in [2.24, 2.45) is 0 Å². The fourth-order valence-corrected chi connectivity index (χ4v) is 2.48. The normalized spacial score (nSPS) is 11.8. The van der Waals surface area contributed by atoms with Gasteiger partial charge in [0, 0.05) is 18.3 Å². The first-order valence-corrected chi connectivity index (χ1v) is 7.56. The summed E-state index contributed by atoms with van der Waals surface area (Å²) in [4.78, 5) is 33.2. The molecule has 0 saturated carbocycles. The van der Waals surface area contributed by atoms with Crippen LogP contribution in [0.1, 0.15) is 24.9 Å². The van der Waals surface area contributed by atoms with Gasteiger partial charge in [-0.2, -0.15) is 5.10 Å². The van der Waals surface area contributed by atoms with E-state index in [9.17, 15) is 25.0 Å². The third kappa shape index (κ3) is 3.91. The Labute approximate surface area is 146 Å². The monoisotopic (exact) mass is 367 g/mol. The first kappa shape index (κ1) is 18.3. The molecule has 0 aliphatic rings. The lowest BCUT2D eigenvalue weighted by atomic mass is 10.1. The maximum atomic E-state index is 12.4. The van der Waals surface area contributed by atoms with Crippen molar-refractivity contribution >= 4 is 34.6 Å². The number of amides is 1. The number of hydrogen-bond donors (Lipinski definition) is 1. The van der Waals surface area contributed by atoms with Gasteiger partial charge in [-0.05, 0) is 13.3 Å². The summed E-state index contributed by atoms with van der Waals surface area (Å²) in [6.07, 6.45) is 3.22. The summed E-state index contributed by atoms with van der Waals surface area (Å²) in [7, 11) is 0. The predicted octanol–water partition coefficient (Wildman–Crippen LogP) is 3.25. The van der Waals surface area contributed by atoms with E-state index in [-0.39, 0.29) is 11.3 Å². The zero-order valence-corrected chi connectivity index (χ0v) is 14.1. The number of halogens is 1. The number of carbonyl (C=O) groups excluding carboxylic acids is 1. The number of hydrogen-bond acceptors (Lipinski definition) is 6.